The predicted octanol–water partition coefficient (Wildman–Crippen LogP) is 6.57. The van der Waals surface area contributed by atoms with Crippen molar-refractivity contribution in [2.45, 2.75) is 64.1 Å². The van der Waals surface area contributed by atoms with Crippen molar-refractivity contribution in [3.63, 3.8) is 0 Å². The summed E-state index contributed by atoms with van der Waals surface area (Å²) in [4.78, 5) is 58.2. The quantitative estimate of drug-likeness (QED) is 0.148. The van der Waals surface area contributed by atoms with Gasteiger partial charge in [-0.2, -0.15) is 0 Å². The maximum Gasteiger partial charge on any atom is 0.410 e. The number of nitrogens with one attached hydrogen (secondary N) is 2. The van der Waals surface area contributed by atoms with Crippen molar-refractivity contribution in [1.82, 2.24) is 29.7 Å². The predicted molar refractivity (Wildman–Crippen MR) is 188 cm³/mol. The number of hydrogen-bond acceptors (Lipinski definition) is 7. The minimum Gasteiger partial charge on any atom is -0.469 e. The molecule has 2 aliphatic heterocycles. The van der Waals surface area contributed by atoms with E-state index in [1.54, 1.807) is 11.8 Å². The number of ether oxygens (including phenoxy) is 2. The summed E-state index contributed by atoms with van der Waals surface area (Å²) in [6.45, 7) is 3.25. The third-order valence-electron chi connectivity index (χ3n) is 9.58. The van der Waals surface area contributed by atoms with Crippen LogP contribution in [-0.4, -0.2) is 67.9 Å². The van der Waals surface area contributed by atoms with Gasteiger partial charge in [0.25, 0.3) is 0 Å². The molecule has 2 amide bonds. The van der Waals surface area contributed by atoms with Crippen LogP contribution < -0.4 is 0 Å². The first-order chi connectivity index (χ1) is 24.4. The van der Waals surface area contributed by atoms with Crippen molar-refractivity contribution >= 4 is 40.0 Å². The van der Waals surface area contributed by atoms with Gasteiger partial charge in [0.15, 0.2) is 0 Å². The van der Waals surface area contributed by atoms with Gasteiger partial charge in [-0.05, 0) is 74.1 Å². The van der Waals surface area contributed by atoms with Gasteiger partial charge >= 0.3 is 12.1 Å². The molecule has 2 N–H and O–H groups in total. The fourth-order valence-electron chi connectivity index (χ4n) is 6.93. The molecule has 2 aromatic heterocycles. The maximum absolute atomic E-state index is 13.2. The van der Waals surface area contributed by atoms with E-state index >= 15 is 0 Å². The van der Waals surface area contributed by atoms with Gasteiger partial charge in [0.2, 0.25) is 5.91 Å². The number of nitrogens with zero attached hydrogens (tertiary/aromatic N) is 4. The zero-order valence-electron chi connectivity index (χ0n) is 28.3. The van der Waals surface area contributed by atoms with Crippen molar-refractivity contribution in [3.05, 3.63) is 95.1 Å². The SMILES string of the molecule is COC(=O)C[C@@H](C)C(=O)N1CCC[C@H]1c1nc2ccc(C#Cc3ccc4nc([C@@H]5CCCCN5C(=O)OCc5ccccc5)[nH]c4c3)cc2[nH]1. The van der Waals surface area contributed by atoms with Crippen molar-refractivity contribution in [2.24, 2.45) is 5.92 Å². The second-order valence-corrected chi connectivity index (χ2v) is 13.1. The first-order valence-electron chi connectivity index (χ1n) is 17.2. The number of aromatic nitrogens is 4. The maximum atomic E-state index is 13.2. The van der Waals surface area contributed by atoms with Crippen LogP contribution in [0.25, 0.3) is 22.1 Å². The fraction of sp³-hybridized carbons (Fsp3) is 0.359. The van der Waals surface area contributed by atoms with E-state index in [0.29, 0.717) is 13.1 Å². The minimum atomic E-state index is -0.460. The Kier molecular flexibility index (Phi) is 9.52. The van der Waals surface area contributed by atoms with Crippen LogP contribution in [0.3, 0.4) is 0 Å². The first-order valence-corrected chi connectivity index (χ1v) is 17.2. The summed E-state index contributed by atoms with van der Waals surface area (Å²) < 4.78 is 10.4. The standard InChI is InChI=1S/C39H40N6O5/c1-25(21-35(46)49-2)38(47)44-20-8-12-33(44)36-40-29-17-15-26(22-31(29)42-36)13-14-27-16-18-30-32(23-27)43-37(41-30)34-11-6-7-19-45(34)39(48)50-24-28-9-4-3-5-10-28/h3-5,9-10,15-18,22-23,25,33-34H,6-8,11-12,19-21,24H2,1-2H3,(H,40,42)(H,41,43)/t25-,33+,34+/m1/s1. The van der Waals surface area contributed by atoms with Crippen molar-refractivity contribution in [1.29, 1.82) is 0 Å². The molecule has 11 heteroatoms. The molecule has 3 atom stereocenters. The Hall–Kier alpha value is -5.63. The number of aromatic amines is 2. The number of hydrogen-bond donors (Lipinski definition) is 2. The van der Waals surface area contributed by atoms with Crippen LogP contribution in [-0.2, 0) is 25.7 Å². The van der Waals surface area contributed by atoms with E-state index in [4.69, 9.17) is 19.4 Å². The zero-order chi connectivity index (χ0) is 34.6. The molecule has 0 spiro atoms. The molecule has 11 nitrogen and oxygen atoms in total. The van der Waals surface area contributed by atoms with Crippen LogP contribution >= 0.6 is 0 Å². The Morgan fingerprint density at radius 1 is 0.820 bits per heavy atom. The number of carbonyl (C=O) groups excluding carboxylic acids is 3. The van der Waals surface area contributed by atoms with E-state index < -0.39 is 11.9 Å². The van der Waals surface area contributed by atoms with Crippen LogP contribution in [0.5, 0.6) is 0 Å². The van der Waals surface area contributed by atoms with Gasteiger partial charge in [-0.15, -0.1) is 0 Å². The molecule has 0 radical (unpaired) electrons. The Bertz CT molecular complexity index is 2090. The Labute approximate surface area is 290 Å². The molecule has 0 unspecified atom stereocenters. The van der Waals surface area contributed by atoms with Gasteiger partial charge in [0.1, 0.15) is 18.3 Å². The highest BCUT2D eigenvalue weighted by Gasteiger charge is 2.35. The van der Waals surface area contributed by atoms with Gasteiger partial charge in [-0.1, -0.05) is 49.1 Å². The number of methoxy groups -OCH3 is 1. The molecule has 5 aromatic rings. The highest BCUT2D eigenvalue weighted by Crippen LogP contribution is 2.34. The molecule has 4 heterocycles. The van der Waals surface area contributed by atoms with Gasteiger partial charge in [-0.3, -0.25) is 14.5 Å². The number of esters is 1. The van der Waals surface area contributed by atoms with E-state index in [1.165, 1.54) is 7.11 Å². The molecule has 0 bridgehead atoms. The Morgan fingerprint density at radius 2 is 1.42 bits per heavy atom. The highest BCUT2D eigenvalue weighted by molar-refractivity contribution is 5.84. The third-order valence-corrected chi connectivity index (χ3v) is 9.58. The number of fused-ring (bicyclic) bond motifs is 2. The van der Waals surface area contributed by atoms with Crippen LogP contribution in [0.2, 0.25) is 0 Å². The van der Waals surface area contributed by atoms with Crippen LogP contribution in [0.4, 0.5) is 4.79 Å². The number of H-pyrrole nitrogens is 2. The normalized spacial score (nSPS) is 18.1. The summed E-state index contributed by atoms with van der Waals surface area (Å²) in [6, 6.07) is 21.1. The molecule has 256 valence electrons. The lowest BCUT2D eigenvalue weighted by molar-refractivity contribution is -0.146. The number of rotatable bonds is 7. The summed E-state index contributed by atoms with van der Waals surface area (Å²) in [6.07, 6.45) is 4.16. The molecule has 3 aromatic carbocycles. The lowest BCUT2D eigenvalue weighted by Crippen LogP contribution is -2.39. The van der Waals surface area contributed by atoms with Gasteiger partial charge in [-0.25, -0.2) is 14.8 Å². The summed E-state index contributed by atoms with van der Waals surface area (Å²) in [7, 11) is 1.33. The molecular formula is C39H40N6O5. The van der Waals surface area contributed by atoms with Gasteiger partial charge in [0.05, 0.1) is 47.7 Å². The largest absolute Gasteiger partial charge is 0.469 e. The van der Waals surface area contributed by atoms with E-state index in [2.05, 4.69) is 21.8 Å². The van der Waals surface area contributed by atoms with Crippen LogP contribution in [0.1, 0.15) is 85.9 Å². The number of amides is 2. The molecule has 50 heavy (non-hydrogen) atoms. The first kappa shape index (κ1) is 32.9. The molecule has 7 rings (SSSR count). The lowest BCUT2D eigenvalue weighted by Gasteiger charge is -2.33. The lowest BCUT2D eigenvalue weighted by atomic mass is 10.0. The average Bonchev–Trinajstić information content (AvgIpc) is 3.91. The number of benzene rings is 3. The van der Waals surface area contributed by atoms with Gasteiger partial charge in [0, 0.05) is 30.1 Å². The molecular weight excluding hydrogens is 632 g/mol. The topological polar surface area (TPSA) is 134 Å². The van der Waals surface area contributed by atoms with Gasteiger partial charge < -0.3 is 24.3 Å². The second kappa shape index (κ2) is 14.5. The van der Waals surface area contributed by atoms with Crippen molar-refractivity contribution < 1.29 is 23.9 Å². The smallest absolute Gasteiger partial charge is 0.410 e. The number of piperidine rings is 1. The fourth-order valence-corrected chi connectivity index (χ4v) is 6.93. The van der Waals surface area contributed by atoms with E-state index in [9.17, 15) is 14.4 Å². The Morgan fingerprint density at radius 3 is 2.06 bits per heavy atom. The highest BCUT2D eigenvalue weighted by atomic mass is 16.6. The molecule has 2 saturated heterocycles. The second-order valence-electron chi connectivity index (χ2n) is 13.1. The summed E-state index contributed by atoms with van der Waals surface area (Å²) in [5.74, 6) is 7.12. The van der Waals surface area contributed by atoms with E-state index in [1.807, 2.05) is 71.6 Å². The van der Waals surface area contributed by atoms with Crippen LogP contribution in [0, 0.1) is 17.8 Å². The summed E-state index contributed by atoms with van der Waals surface area (Å²) in [5, 5.41) is 0. The van der Waals surface area contributed by atoms with Crippen molar-refractivity contribution in [2.75, 3.05) is 20.2 Å². The molecule has 2 aliphatic rings. The van der Waals surface area contributed by atoms with Crippen LogP contribution in [0.15, 0.2) is 66.7 Å². The summed E-state index contributed by atoms with van der Waals surface area (Å²) >= 11 is 0. The number of carbonyl (C=O) groups is 3. The third kappa shape index (κ3) is 7.06. The monoisotopic (exact) mass is 672 g/mol. The van der Waals surface area contributed by atoms with Crippen molar-refractivity contribution in [3.8, 4) is 11.8 Å². The van der Waals surface area contributed by atoms with E-state index in [0.717, 1.165) is 82.5 Å². The minimum absolute atomic E-state index is 0.0559. The number of imidazole rings is 2. The average molecular weight is 673 g/mol. The number of likely N-dealkylation sites (tertiary alicyclic amines) is 2. The molecule has 0 aliphatic carbocycles. The molecule has 2 fully saturated rings. The summed E-state index contributed by atoms with van der Waals surface area (Å²) in [5.41, 5.74) is 5.95. The zero-order valence-corrected chi connectivity index (χ0v) is 28.3. The molecule has 0 saturated carbocycles. The Balaban J connectivity index is 1.04. The van der Waals surface area contributed by atoms with E-state index in [-0.39, 0.29) is 37.1 Å².